The van der Waals surface area contributed by atoms with Crippen LogP contribution in [-0.2, 0) is 4.79 Å². The van der Waals surface area contributed by atoms with Crippen LogP contribution in [0.4, 0.5) is 0 Å². The SMILES string of the molecule is CC(Br)C(=O)NCN. The summed E-state index contributed by atoms with van der Waals surface area (Å²) < 4.78 is 0. The van der Waals surface area contributed by atoms with E-state index in [2.05, 4.69) is 21.2 Å². The van der Waals surface area contributed by atoms with Gasteiger partial charge in [0.15, 0.2) is 0 Å². The Hall–Kier alpha value is -0.0900. The van der Waals surface area contributed by atoms with E-state index in [0.29, 0.717) is 0 Å². The summed E-state index contributed by atoms with van der Waals surface area (Å²) in [6.07, 6.45) is 0. The fraction of sp³-hybridized carbons (Fsp3) is 0.750. The van der Waals surface area contributed by atoms with Gasteiger partial charge in [0.05, 0.1) is 11.5 Å². The highest BCUT2D eigenvalue weighted by Gasteiger charge is 2.04. The van der Waals surface area contributed by atoms with Crippen LogP contribution in [-0.4, -0.2) is 17.4 Å². The number of hydrogen-bond donors (Lipinski definition) is 2. The van der Waals surface area contributed by atoms with Crippen molar-refractivity contribution in [1.29, 1.82) is 0 Å². The molecule has 1 amide bonds. The van der Waals surface area contributed by atoms with Gasteiger partial charge >= 0.3 is 0 Å². The summed E-state index contributed by atoms with van der Waals surface area (Å²) in [5.41, 5.74) is 5.01. The molecule has 1 atom stereocenters. The summed E-state index contributed by atoms with van der Waals surface area (Å²) in [4.78, 5) is 10.4. The number of nitrogens with one attached hydrogen (secondary N) is 1. The Labute approximate surface area is 56.8 Å². The predicted octanol–water partition coefficient (Wildman–Crippen LogP) is -0.198. The van der Waals surface area contributed by atoms with E-state index in [1.54, 1.807) is 6.92 Å². The van der Waals surface area contributed by atoms with Crippen molar-refractivity contribution in [3.05, 3.63) is 0 Å². The number of halogens is 1. The van der Waals surface area contributed by atoms with Gasteiger partial charge in [-0.15, -0.1) is 0 Å². The van der Waals surface area contributed by atoms with Crippen LogP contribution in [0.5, 0.6) is 0 Å². The number of hydrogen-bond acceptors (Lipinski definition) is 2. The molecule has 0 heterocycles. The van der Waals surface area contributed by atoms with Crippen LogP contribution >= 0.6 is 15.9 Å². The van der Waals surface area contributed by atoms with Gasteiger partial charge in [0.1, 0.15) is 0 Å². The number of carbonyl (C=O) groups is 1. The van der Waals surface area contributed by atoms with Crippen LogP contribution < -0.4 is 11.1 Å². The number of carbonyl (C=O) groups excluding carboxylic acids is 1. The quantitative estimate of drug-likeness (QED) is 0.458. The lowest BCUT2D eigenvalue weighted by atomic mass is 10.5. The van der Waals surface area contributed by atoms with E-state index in [0.717, 1.165) is 0 Å². The number of alkyl halides is 1. The molecule has 0 aliphatic rings. The maximum atomic E-state index is 10.5. The highest BCUT2D eigenvalue weighted by molar-refractivity contribution is 9.10. The second kappa shape index (κ2) is 3.86. The highest BCUT2D eigenvalue weighted by atomic mass is 79.9. The lowest BCUT2D eigenvalue weighted by molar-refractivity contribution is -0.120. The topological polar surface area (TPSA) is 55.1 Å². The van der Waals surface area contributed by atoms with Crippen LogP contribution in [0.2, 0.25) is 0 Å². The Morgan fingerprint density at radius 2 is 2.50 bits per heavy atom. The lowest BCUT2D eigenvalue weighted by Crippen LogP contribution is -2.33. The maximum Gasteiger partial charge on any atom is 0.234 e. The van der Waals surface area contributed by atoms with Crippen LogP contribution in [0.25, 0.3) is 0 Å². The second-order valence-corrected chi connectivity index (χ2v) is 2.73. The zero-order valence-corrected chi connectivity index (χ0v) is 6.23. The maximum absolute atomic E-state index is 10.5. The van der Waals surface area contributed by atoms with Crippen molar-refractivity contribution < 1.29 is 4.79 Å². The summed E-state index contributed by atoms with van der Waals surface area (Å²) in [5, 5.41) is 2.44. The number of amides is 1. The van der Waals surface area contributed by atoms with E-state index in [9.17, 15) is 4.79 Å². The average Bonchev–Trinajstić information content (AvgIpc) is 1.67. The van der Waals surface area contributed by atoms with Crippen LogP contribution in [0.15, 0.2) is 0 Å². The molecule has 8 heavy (non-hydrogen) atoms. The monoisotopic (exact) mass is 180 g/mol. The van der Waals surface area contributed by atoms with Crippen molar-refractivity contribution in [2.75, 3.05) is 6.67 Å². The molecule has 0 fully saturated rings. The molecule has 48 valence electrons. The van der Waals surface area contributed by atoms with E-state index in [4.69, 9.17) is 5.73 Å². The Kier molecular flexibility index (Phi) is 3.81. The van der Waals surface area contributed by atoms with E-state index in [-0.39, 0.29) is 17.4 Å². The van der Waals surface area contributed by atoms with E-state index in [1.807, 2.05) is 0 Å². The molecule has 0 saturated carbocycles. The van der Waals surface area contributed by atoms with E-state index < -0.39 is 0 Å². The fourth-order valence-electron chi connectivity index (χ4n) is 0.241. The molecule has 0 aromatic heterocycles. The smallest absolute Gasteiger partial charge is 0.234 e. The largest absolute Gasteiger partial charge is 0.343 e. The molecule has 3 N–H and O–H groups in total. The molecule has 0 aromatic rings. The molecule has 0 saturated heterocycles. The molecule has 0 bridgehead atoms. The van der Waals surface area contributed by atoms with Gasteiger partial charge in [-0.3, -0.25) is 4.79 Å². The van der Waals surface area contributed by atoms with Gasteiger partial charge in [-0.05, 0) is 6.92 Å². The molecule has 0 radical (unpaired) electrons. The summed E-state index contributed by atoms with van der Waals surface area (Å²) in [5.74, 6) is -0.0764. The van der Waals surface area contributed by atoms with Crippen LogP contribution in [0, 0.1) is 0 Å². The lowest BCUT2D eigenvalue weighted by Gasteiger charge is -2.00. The van der Waals surface area contributed by atoms with E-state index >= 15 is 0 Å². The van der Waals surface area contributed by atoms with Gasteiger partial charge in [0.2, 0.25) is 5.91 Å². The molecule has 0 spiro atoms. The highest BCUT2D eigenvalue weighted by Crippen LogP contribution is 1.94. The van der Waals surface area contributed by atoms with Crippen LogP contribution in [0.1, 0.15) is 6.92 Å². The molecule has 0 aliphatic carbocycles. The Bertz CT molecular complexity index is 84.1. The average molecular weight is 181 g/mol. The van der Waals surface area contributed by atoms with E-state index in [1.165, 1.54) is 0 Å². The third kappa shape index (κ3) is 2.98. The van der Waals surface area contributed by atoms with Crippen molar-refractivity contribution in [3.63, 3.8) is 0 Å². The minimum absolute atomic E-state index is 0.0764. The van der Waals surface area contributed by atoms with Gasteiger partial charge in [-0.2, -0.15) is 0 Å². The Balaban J connectivity index is 3.33. The molecule has 0 rings (SSSR count). The molecule has 3 nitrogen and oxygen atoms in total. The predicted molar refractivity (Wildman–Crippen MR) is 35.6 cm³/mol. The second-order valence-electron chi connectivity index (χ2n) is 1.36. The van der Waals surface area contributed by atoms with Crippen molar-refractivity contribution in [3.8, 4) is 0 Å². The van der Waals surface area contributed by atoms with Crippen molar-refractivity contribution in [2.24, 2.45) is 5.73 Å². The first-order valence-corrected chi connectivity index (χ1v) is 3.22. The van der Waals surface area contributed by atoms with Gasteiger partial charge in [0, 0.05) is 0 Å². The molecule has 4 heteroatoms. The summed E-state index contributed by atoms with van der Waals surface area (Å²) in [6.45, 7) is 1.94. The standard InChI is InChI=1S/C4H9BrN2O/c1-3(5)4(8)7-2-6/h3H,2,6H2,1H3,(H,7,8). The Morgan fingerprint density at radius 1 is 2.00 bits per heavy atom. The van der Waals surface area contributed by atoms with Gasteiger partial charge in [0.25, 0.3) is 0 Å². The summed E-state index contributed by atoms with van der Waals surface area (Å²) >= 11 is 3.07. The molecular weight excluding hydrogens is 172 g/mol. The van der Waals surface area contributed by atoms with Gasteiger partial charge in [-0.1, -0.05) is 15.9 Å². The molecular formula is C4H9BrN2O. The third-order valence-corrected chi connectivity index (χ3v) is 1.05. The molecule has 1 unspecified atom stereocenters. The first kappa shape index (κ1) is 7.91. The first-order valence-electron chi connectivity index (χ1n) is 2.30. The van der Waals surface area contributed by atoms with Crippen molar-refractivity contribution >= 4 is 21.8 Å². The minimum atomic E-state index is -0.147. The number of rotatable bonds is 2. The van der Waals surface area contributed by atoms with Crippen LogP contribution in [0.3, 0.4) is 0 Å². The number of nitrogens with two attached hydrogens (primary N) is 1. The van der Waals surface area contributed by atoms with Crippen molar-refractivity contribution in [2.45, 2.75) is 11.8 Å². The summed E-state index contributed by atoms with van der Waals surface area (Å²) in [6, 6.07) is 0. The third-order valence-electron chi connectivity index (χ3n) is 0.638. The first-order chi connectivity index (χ1) is 3.68. The summed E-state index contributed by atoms with van der Waals surface area (Å²) in [7, 11) is 0. The van der Waals surface area contributed by atoms with Gasteiger partial charge in [-0.25, -0.2) is 0 Å². The van der Waals surface area contributed by atoms with Crippen molar-refractivity contribution in [1.82, 2.24) is 5.32 Å². The zero-order chi connectivity index (χ0) is 6.57. The minimum Gasteiger partial charge on any atom is -0.343 e. The fourth-order valence-corrected chi connectivity index (χ4v) is 0.403. The zero-order valence-electron chi connectivity index (χ0n) is 4.65. The Morgan fingerprint density at radius 3 is 2.62 bits per heavy atom. The normalized spacial score (nSPS) is 12.9. The molecule has 0 aromatic carbocycles. The molecule has 0 aliphatic heterocycles. The van der Waals surface area contributed by atoms with Gasteiger partial charge < -0.3 is 11.1 Å².